The van der Waals surface area contributed by atoms with E-state index >= 15 is 0 Å². The normalized spacial score (nSPS) is 74.4. The molecule has 0 heteroatoms. The highest BCUT2D eigenvalue weighted by molar-refractivity contribution is 5.18. The van der Waals surface area contributed by atoms with Crippen LogP contribution in [0.15, 0.2) is 0 Å². The van der Waals surface area contributed by atoms with Crippen molar-refractivity contribution in [1.82, 2.24) is 0 Å². The molecule has 7 saturated carbocycles. The lowest BCUT2D eigenvalue weighted by molar-refractivity contribution is -0.286. The minimum atomic E-state index is 1.24. The molecule has 0 aromatic heterocycles. The van der Waals surface area contributed by atoms with Crippen LogP contribution in [0.4, 0.5) is 0 Å². The van der Waals surface area contributed by atoms with E-state index in [1.54, 1.807) is 25.7 Å². The Morgan fingerprint density at radius 3 is 1.00 bits per heavy atom. The Labute approximate surface area is 62.0 Å². The second-order valence-corrected chi connectivity index (χ2v) is 4.96. The summed E-state index contributed by atoms with van der Waals surface area (Å²) in [5, 5.41) is 0. The van der Waals surface area contributed by atoms with Gasteiger partial charge in [0.15, 0.2) is 0 Å². The van der Waals surface area contributed by atoms with Gasteiger partial charge in [-0.15, -0.1) is 0 Å². The molecule has 0 aromatic carbocycles. The summed E-state index contributed by atoms with van der Waals surface area (Å²) < 4.78 is 0. The summed E-state index contributed by atoms with van der Waals surface area (Å²) in [6.07, 6.45) is 6.47. The van der Waals surface area contributed by atoms with Crippen LogP contribution in [0.5, 0.6) is 0 Å². The summed E-state index contributed by atoms with van der Waals surface area (Å²) in [6, 6.07) is 0. The molecule has 10 heavy (non-hydrogen) atoms. The first-order valence-electron chi connectivity index (χ1n) is 4.97. The maximum atomic E-state index is 1.62. The van der Waals surface area contributed by atoms with Crippen molar-refractivity contribution in [3.63, 3.8) is 0 Å². The Hall–Kier alpha value is 0. The molecule has 0 N–H and O–H groups in total. The van der Waals surface area contributed by atoms with E-state index in [1.807, 2.05) is 0 Å². The molecule has 0 aliphatic heterocycles. The molecule has 54 valence electrons. The van der Waals surface area contributed by atoms with Gasteiger partial charge < -0.3 is 0 Å². The molecule has 7 fully saturated rings. The largest absolute Gasteiger partial charge is 0.0496 e. The Morgan fingerprint density at radius 2 is 0.800 bits per heavy atom. The van der Waals surface area contributed by atoms with E-state index in [-0.39, 0.29) is 0 Å². The highest BCUT2D eigenvalue weighted by atomic mass is 14.7. The molecule has 4 atom stereocenters. The lowest BCUT2D eigenvalue weighted by Crippen LogP contribution is -2.71. The maximum Gasteiger partial charge on any atom is -0.0318 e. The molecular formula is C10H14. The van der Waals surface area contributed by atoms with Crippen molar-refractivity contribution in [2.24, 2.45) is 35.5 Å². The first kappa shape index (κ1) is 4.79. The fourth-order valence-electron chi connectivity index (χ4n) is 5.02. The third kappa shape index (κ3) is 0.271. The van der Waals surface area contributed by atoms with Crippen LogP contribution in [0, 0.1) is 35.5 Å². The zero-order valence-corrected chi connectivity index (χ0v) is 6.29. The van der Waals surface area contributed by atoms with Gasteiger partial charge in [0, 0.05) is 0 Å². The van der Waals surface area contributed by atoms with Crippen molar-refractivity contribution in [3.8, 4) is 0 Å². The first-order valence-corrected chi connectivity index (χ1v) is 4.97. The van der Waals surface area contributed by atoms with E-state index in [2.05, 4.69) is 0 Å². The van der Waals surface area contributed by atoms with Crippen molar-refractivity contribution < 1.29 is 0 Å². The molecule has 7 rings (SSSR count). The summed E-state index contributed by atoms with van der Waals surface area (Å²) >= 11 is 0. The van der Waals surface area contributed by atoms with Gasteiger partial charge in [0.2, 0.25) is 0 Å². The summed E-state index contributed by atoms with van der Waals surface area (Å²) in [6.45, 7) is 0. The van der Waals surface area contributed by atoms with E-state index in [9.17, 15) is 0 Å². The van der Waals surface area contributed by atoms with E-state index in [0.29, 0.717) is 0 Å². The van der Waals surface area contributed by atoms with Gasteiger partial charge in [0.25, 0.3) is 0 Å². The Morgan fingerprint density at radius 1 is 0.500 bits per heavy atom. The molecule has 7 aliphatic rings. The topological polar surface area (TPSA) is 0 Å². The predicted octanol–water partition coefficient (Wildman–Crippen LogP) is 2.30. The van der Waals surface area contributed by atoms with Crippen molar-refractivity contribution in [2.45, 2.75) is 25.7 Å². The van der Waals surface area contributed by atoms with Crippen LogP contribution in [-0.2, 0) is 0 Å². The van der Waals surface area contributed by atoms with Gasteiger partial charge >= 0.3 is 0 Å². The minimum Gasteiger partial charge on any atom is -0.0496 e. The SMILES string of the molecule is C1CC2C3CCC4C1C3C42. The molecule has 0 saturated heterocycles. The molecule has 0 nitrogen and oxygen atoms in total. The number of fused-ring (bicyclic) bond motifs is 1. The lowest BCUT2D eigenvalue weighted by Gasteiger charge is -2.77. The van der Waals surface area contributed by atoms with Gasteiger partial charge in [0.1, 0.15) is 0 Å². The van der Waals surface area contributed by atoms with Gasteiger partial charge in [-0.25, -0.2) is 0 Å². The summed E-state index contributed by atoms with van der Waals surface area (Å²) in [4.78, 5) is 0. The average molecular weight is 134 g/mol. The Kier molecular flexibility index (Phi) is 0.570. The third-order valence-electron chi connectivity index (χ3n) is 5.19. The fourth-order valence-corrected chi connectivity index (χ4v) is 5.02. The van der Waals surface area contributed by atoms with Crippen LogP contribution in [0.25, 0.3) is 0 Å². The van der Waals surface area contributed by atoms with Crippen molar-refractivity contribution in [2.75, 3.05) is 0 Å². The van der Waals surface area contributed by atoms with Crippen LogP contribution in [0.1, 0.15) is 25.7 Å². The van der Waals surface area contributed by atoms with E-state index in [1.165, 1.54) is 35.5 Å². The van der Waals surface area contributed by atoms with Crippen molar-refractivity contribution >= 4 is 0 Å². The number of hydrogen-bond acceptors (Lipinski definition) is 0. The van der Waals surface area contributed by atoms with Crippen molar-refractivity contribution in [3.05, 3.63) is 0 Å². The van der Waals surface area contributed by atoms with Crippen LogP contribution < -0.4 is 0 Å². The highest BCUT2D eigenvalue weighted by Gasteiger charge is 2.70. The molecule has 0 aromatic rings. The fraction of sp³-hybridized carbons (Fsp3) is 1.00. The first-order chi connectivity index (χ1) is 4.97. The van der Waals surface area contributed by atoms with Crippen LogP contribution >= 0.6 is 0 Å². The molecule has 0 spiro atoms. The van der Waals surface area contributed by atoms with Crippen LogP contribution in [0.2, 0.25) is 0 Å². The zero-order chi connectivity index (χ0) is 6.29. The summed E-state index contributed by atoms with van der Waals surface area (Å²) in [5.74, 6) is 7.53. The number of hydrogen-bond donors (Lipinski definition) is 0. The molecule has 6 bridgehead atoms. The quantitative estimate of drug-likeness (QED) is 0.477. The van der Waals surface area contributed by atoms with E-state index in [0.717, 1.165) is 0 Å². The third-order valence-corrected chi connectivity index (χ3v) is 5.19. The smallest absolute Gasteiger partial charge is 0.0318 e. The Bertz CT molecular complexity index is 131. The highest BCUT2D eigenvalue weighted by Crippen LogP contribution is 2.76. The number of rotatable bonds is 0. The van der Waals surface area contributed by atoms with Gasteiger partial charge in [-0.05, 0) is 61.2 Å². The van der Waals surface area contributed by atoms with Gasteiger partial charge in [-0.2, -0.15) is 0 Å². The standard InChI is InChI=1S/C10H14/c1-2-6-8-4-3-7-5(1)9(8)10(6)7/h5-10H,1-4H2. The second kappa shape index (κ2) is 1.19. The van der Waals surface area contributed by atoms with E-state index in [4.69, 9.17) is 0 Å². The molecule has 4 unspecified atom stereocenters. The van der Waals surface area contributed by atoms with Crippen LogP contribution in [0.3, 0.4) is 0 Å². The summed E-state index contributed by atoms with van der Waals surface area (Å²) in [5.41, 5.74) is 0. The minimum absolute atomic E-state index is 1.24. The maximum absolute atomic E-state index is 1.62. The monoisotopic (exact) mass is 134 g/mol. The molecule has 0 radical (unpaired) electrons. The van der Waals surface area contributed by atoms with E-state index < -0.39 is 0 Å². The van der Waals surface area contributed by atoms with Crippen LogP contribution in [-0.4, -0.2) is 0 Å². The molecule has 0 amide bonds. The molecule has 0 heterocycles. The molecular weight excluding hydrogens is 120 g/mol. The summed E-state index contributed by atoms with van der Waals surface area (Å²) in [7, 11) is 0. The average Bonchev–Trinajstić information content (AvgIpc) is 2.05. The zero-order valence-electron chi connectivity index (χ0n) is 6.29. The lowest BCUT2D eigenvalue weighted by atomic mass is 9.28. The van der Waals surface area contributed by atoms with Crippen molar-refractivity contribution in [1.29, 1.82) is 0 Å². The Balaban J connectivity index is 1.87. The van der Waals surface area contributed by atoms with Gasteiger partial charge in [0.05, 0.1) is 0 Å². The predicted molar refractivity (Wildman–Crippen MR) is 39.4 cm³/mol. The van der Waals surface area contributed by atoms with Gasteiger partial charge in [-0.1, -0.05) is 0 Å². The molecule has 7 aliphatic carbocycles. The second-order valence-electron chi connectivity index (χ2n) is 4.96. The van der Waals surface area contributed by atoms with Gasteiger partial charge in [-0.3, -0.25) is 0 Å².